The lowest BCUT2D eigenvalue weighted by Gasteiger charge is -2.19. The summed E-state index contributed by atoms with van der Waals surface area (Å²) in [7, 11) is 0. The van der Waals surface area contributed by atoms with Crippen LogP contribution >= 0.6 is 11.8 Å². The Morgan fingerprint density at radius 1 is 1.24 bits per heavy atom. The molecule has 0 aliphatic carbocycles. The van der Waals surface area contributed by atoms with Gasteiger partial charge in [-0.25, -0.2) is 9.78 Å². The molecular formula is C16H26N2O2S. The zero-order valence-corrected chi connectivity index (χ0v) is 14.6. The lowest BCUT2D eigenvalue weighted by molar-refractivity contribution is 0.0523. The maximum absolute atomic E-state index is 11.6. The number of carbonyl (C=O) groups is 1. The summed E-state index contributed by atoms with van der Waals surface area (Å²) in [5, 5.41) is 3.73. The predicted molar refractivity (Wildman–Crippen MR) is 87.5 cm³/mol. The van der Waals surface area contributed by atoms with Crippen LogP contribution in [0, 0.1) is 5.41 Å². The Morgan fingerprint density at radius 2 is 1.90 bits per heavy atom. The fourth-order valence-corrected chi connectivity index (χ4v) is 2.25. The molecule has 1 aromatic heterocycles. The first kappa shape index (κ1) is 17.8. The summed E-state index contributed by atoms with van der Waals surface area (Å²) in [6.07, 6.45) is 1.39. The Kier molecular flexibility index (Phi) is 6.08. The van der Waals surface area contributed by atoms with Gasteiger partial charge in [-0.1, -0.05) is 26.8 Å². The quantitative estimate of drug-likeness (QED) is 0.845. The number of rotatable bonds is 4. The molecule has 0 bridgehead atoms. The van der Waals surface area contributed by atoms with Crippen LogP contribution in [0.2, 0.25) is 0 Å². The second kappa shape index (κ2) is 7.16. The largest absolute Gasteiger partial charge is 0.444 e. The molecule has 0 saturated heterocycles. The number of thioether (sulfide) groups is 1. The van der Waals surface area contributed by atoms with E-state index in [1.807, 2.05) is 32.9 Å². The van der Waals surface area contributed by atoms with Crippen molar-refractivity contribution in [1.82, 2.24) is 10.3 Å². The first-order valence-corrected chi connectivity index (χ1v) is 8.08. The number of ether oxygens (including phenoxy) is 1. The minimum Gasteiger partial charge on any atom is -0.444 e. The molecule has 0 atom stereocenters. The Bertz CT molecular complexity index is 459. The van der Waals surface area contributed by atoms with E-state index >= 15 is 0 Å². The van der Waals surface area contributed by atoms with Crippen molar-refractivity contribution in [3.63, 3.8) is 0 Å². The van der Waals surface area contributed by atoms with Crippen molar-refractivity contribution in [1.29, 1.82) is 0 Å². The van der Waals surface area contributed by atoms with Gasteiger partial charge in [-0.3, -0.25) is 0 Å². The van der Waals surface area contributed by atoms with E-state index in [1.165, 1.54) is 0 Å². The van der Waals surface area contributed by atoms with Gasteiger partial charge in [0.1, 0.15) is 5.60 Å². The summed E-state index contributed by atoms with van der Waals surface area (Å²) in [4.78, 5) is 16.0. The van der Waals surface area contributed by atoms with Gasteiger partial charge in [-0.05, 0) is 37.8 Å². The first-order chi connectivity index (χ1) is 9.55. The summed E-state index contributed by atoms with van der Waals surface area (Å²) in [5.41, 5.74) is 0.764. The zero-order chi connectivity index (χ0) is 16.1. The van der Waals surface area contributed by atoms with E-state index in [4.69, 9.17) is 4.74 Å². The fraction of sp³-hybridized carbons (Fsp3) is 0.625. The second-order valence-corrected chi connectivity index (χ2v) is 8.21. The van der Waals surface area contributed by atoms with Crippen LogP contribution in [0.25, 0.3) is 0 Å². The SMILES string of the molecule is CC(C)(C)CSc1ccc(CNC(=O)OC(C)(C)C)cn1. The van der Waals surface area contributed by atoms with Gasteiger partial charge in [0.25, 0.3) is 0 Å². The van der Waals surface area contributed by atoms with E-state index in [1.54, 1.807) is 18.0 Å². The normalized spacial score (nSPS) is 12.1. The second-order valence-electron chi connectivity index (χ2n) is 7.21. The van der Waals surface area contributed by atoms with Gasteiger partial charge in [0.05, 0.1) is 5.03 Å². The topological polar surface area (TPSA) is 51.2 Å². The molecule has 0 radical (unpaired) electrons. The summed E-state index contributed by atoms with van der Waals surface area (Å²) < 4.78 is 5.18. The van der Waals surface area contributed by atoms with Gasteiger partial charge in [0.2, 0.25) is 0 Å². The van der Waals surface area contributed by atoms with Crippen LogP contribution in [-0.4, -0.2) is 22.4 Å². The molecule has 0 aliphatic heterocycles. The molecule has 5 heteroatoms. The average molecular weight is 310 g/mol. The van der Waals surface area contributed by atoms with Gasteiger partial charge in [0.15, 0.2) is 0 Å². The number of nitrogens with one attached hydrogen (secondary N) is 1. The van der Waals surface area contributed by atoms with Crippen molar-refractivity contribution < 1.29 is 9.53 Å². The molecular weight excluding hydrogens is 284 g/mol. The molecule has 0 saturated carbocycles. The van der Waals surface area contributed by atoms with E-state index in [9.17, 15) is 4.79 Å². The smallest absolute Gasteiger partial charge is 0.407 e. The molecule has 1 aromatic rings. The van der Waals surface area contributed by atoms with Gasteiger partial charge in [-0.15, -0.1) is 11.8 Å². The van der Waals surface area contributed by atoms with Gasteiger partial charge < -0.3 is 10.1 Å². The van der Waals surface area contributed by atoms with Crippen molar-refractivity contribution in [2.24, 2.45) is 5.41 Å². The standard InChI is InChI=1S/C16H26N2O2S/c1-15(2,3)11-21-13-8-7-12(9-17-13)10-18-14(19)20-16(4,5)6/h7-9H,10-11H2,1-6H3,(H,18,19). The van der Waals surface area contributed by atoms with Crippen molar-refractivity contribution in [2.75, 3.05) is 5.75 Å². The van der Waals surface area contributed by atoms with Crippen molar-refractivity contribution in [3.05, 3.63) is 23.9 Å². The zero-order valence-electron chi connectivity index (χ0n) is 13.8. The molecule has 0 aromatic carbocycles. The highest BCUT2D eigenvalue weighted by atomic mass is 32.2. The van der Waals surface area contributed by atoms with Crippen molar-refractivity contribution in [2.45, 2.75) is 58.7 Å². The molecule has 0 fully saturated rings. The minimum atomic E-state index is -0.476. The molecule has 4 nitrogen and oxygen atoms in total. The van der Waals surface area contributed by atoms with E-state index in [0.717, 1.165) is 16.3 Å². The van der Waals surface area contributed by atoms with Gasteiger partial charge in [0, 0.05) is 18.5 Å². The Labute approximate surface area is 132 Å². The summed E-state index contributed by atoms with van der Waals surface area (Å²) in [6, 6.07) is 3.97. The maximum Gasteiger partial charge on any atom is 0.407 e. The first-order valence-electron chi connectivity index (χ1n) is 7.10. The van der Waals surface area contributed by atoms with E-state index in [0.29, 0.717) is 6.54 Å². The van der Waals surface area contributed by atoms with E-state index in [-0.39, 0.29) is 5.41 Å². The number of pyridine rings is 1. The van der Waals surface area contributed by atoms with Crippen LogP contribution in [0.4, 0.5) is 4.79 Å². The minimum absolute atomic E-state index is 0.281. The van der Waals surface area contributed by atoms with Gasteiger partial charge in [-0.2, -0.15) is 0 Å². The summed E-state index contributed by atoms with van der Waals surface area (Å²) >= 11 is 1.75. The molecule has 1 rings (SSSR count). The Hall–Kier alpha value is -1.23. The highest BCUT2D eigenvalue weighted by Gasteiger charge is 2.15. The molecule has 0 aliphatic rings. The van der Waals surface area contributed by atoms with Crippen LogP contribution in [0.5, 0.6) is 0 Å². The van der Waals surface area contributed by atoms with Crippen LogP contribution in [0.15, 0.2) is 23.4 Å². The van der Waals surface area contributed by atoms with E-state index < -0.39 is 11.7 Å². The third-order valence-corrected chi connectivity index (χ3v) is 3.83. The van der Waals surface area contributed by atoms with Crippen LogP contribution in [0.3, 0.4) is 0 Å². The predicted octanol–water partition coefficient (Wildman–Crippen LogP) is 4.24. The monoisotopic (exact) mass is 310 g/mol. The number of amides is 1. The van der Waals surface area contributed by atoms with Crippen LogP contribution in [0.1, 0.15) is 47.1 Å². The number of aromatic nitrogens is 1. The number of nitrogens with zero attached hydrogens (tertiary/aromatic N) is 1. The average Bonchev–Trinajstić information content (AvgIpc) is 2.32. The lowest BCUT2D eigenvalue weighted by Crippen LogP contribution is -2.32. The molecule has 1 N–H and O–H groups in total. The summed E-state index contributed by atoms with van der Waals surface area (Å²) in [6.45, 7) is 12.6. The van der Waals surface area contributed by atoms with Crippen molar-refractivity contribution in [3.8, 4) is 0 Å². The highest BCUT2D eigenvalue weighted by molar-refractivity contribution is 7.99. The Morgan fingerprint density at radius 3 is 2.38 bits per heavy atom. The number of hydrogen-bond donors (Lipinski definition) is 1. The Balaban J connectivity index is 2.43. The number of hydrogen-bond acceptors (Lipinski definition) is 4. The maximum atomic E-state index is 11.6. The fourth-order valence-electron chi connectivity index (χ4n) is 1.38. The molecule has 1 heterocycles. The molecule has 0 unspecified atom stereocenters. The molecule has 118 valence electrons. The van der Waals surface area contributed by atoms with E-state index in [2.05, 4.69) is 31.1 Å². The highest BCUT2D eigenvalue weighted by Crippen LogP contribution is 2.25. The van der Waals surface area contributed by atoms with Crippen LogP contribution < -0.4 is 5.32 Å². The van der Waals surface area contributed by atoms with Gasteiger partial charge >= 0.3 is 6.09 Å². The molecule has 1 amide bonds. The lowest BCUT2D eigenvalue weighted by atomic mass is 10.0. The van der Waals surface area contributed by atoms with Crippen LogP contribution in [-0.2, 0) is 11.3 Å². The summed E-state index contributed by atoms with van der Waals surface area (Å²) in [5.74, 6) is 1.02. The third kappa shape index (κ3) is 8.60. The molecule has 0 spiro atoms. The van der Waals surface area contributed by atoms with Crippen molar-refractivity contribution >= 4 is 17.9 Å². The third-order valence-electron chi connectivity index (χ3n) is 2.29. The molecule has 21 heavy (non-hydrogen) atoms. The number of carbonyl (C=O) groups excluding carboxylic acids is 1. The number of alkyl carbamates (subject to hydrolysis) is 1.